The van der Waals surface area contributed by atoms with Gasteiger partial charge >= 0.3 is 0 Å². The zero-order valence-corrected chi connectivity index (χ0v) is 13.0. The highest BCUT2D eigenvalue weighted by molar-refractivity contribution is 5.78. The molecule has 1 atom stereocenters. The molecule has 1 aromatic rings. The molecule has 2 aliphatic heterocycles. The Labute approximate surface area is 126 Å². The Morgan fingerprint density at radius 1 is 1.19 bits per heavy atom. The maximum Gasteiger partial charge on any atom is 0.225 e. The van der Waals surface area contributed by atoms with Gasteiger partial charge < -0.3 is 9.80 Å². The molecule has 21 heavy (non-hydrogen) atoms. The van der Waals surface area contributed by atoms with Crippen molar-refractivity contribution in [3.63, 3.8) is 0 Å². The van der Waals surface area contributed by atoms with Gasteiger partial charge in [0.1, 0.15) is 0 Å². The maximum absolute atomic E-state index is 11.8. The van der Waals surface area contributed by atoms with Crippen molar-refractivity contribution in [3.05, 3.63) is 17.5 Å². The van der Waals surface area contributed by atoms with Gasteiger partial charge in [-0.15, -0.1) is 0 Å². The first-order chi connectivity index (χ1) is 10.1. The van der Waals surface area contributed by atoms with Gasteiger partial charge in [0.15, 0.2) is 0 Å². The number of hydrogen-bond donors (Lipinski definition) is 0. The molecule has 1 amide bonds. The van der Waals surface area contributed by atoms with E-state index in [0.717, 1.165) is 62.8 Å². The molecule has 1 aromatic heterocycles. The summed E-state index contributed by atoms with van der Waals surface area (Å²) in [4.78, 5) is 25.2. The average Bonchev–Trinajstić information content (AvgIpc) is 2.84. The van der Waals surface area contributed by atoms with Gasteiger partial charge in [0.05, 0.1) is 0 Å². The van der Waals surface area contributed by atoms with Crippen LogP contribution in [-0.4, -0.2) is 47.0 Å². The smallest absolute Gasteiger partial charge is 0.225 e. The average molecular weight is 288 g/mol. The van der Waals surface area contributed by atoms with Crippen molar-refractivity contribution in [1.29, 1.82) is 0 Å². The Bertz CT molecular complexity index is 511. The molecule has 0 aliphatic carbocycles. The molecule has 5 heteroatoms. The Morgan fingerprint density at radius 2 is 1.95 bits per heavy atom. The summed E-state index contributed by atoms with van der Waals surface area (Å²) in [6, 6.07) is 2.01. The highest BCUT2D eigenvalue weighted by Gasteiger charge is 2.27. The molecule has 0 spiro atoms. The standard InChI is InChI=1S/C16H24N4O/c1-12-9-13(2)18-16(17-12)20-8-3-5-14(11-20)10-19-7-4-6-15(19)21/h9,14H,3-8,10-11H2,1-2H3. The first-order valence-corrected chi connectivity index (χ1v) is 7.97. The molecule has 2 fully saturated rings. The summed E-state index contributed by atoms with van der Waals surface area (Å²) in [6.07, 6.45) is 4.11. The molecule has 114 valence electrons. The van der Waals surface area contributed by atoms with E-state index in [9.17, 15) is 4.79 Å². The second-order valence-corrected chi connectivity index (χ2v) is 6.35. The lowest BCUT2D eigenvalue weighted by atomic mass is 9.97. The zero-order chi connectivity index (χ0) is 14.8. The van der Waals surface area contributed by atoms with Crippen molar-refractivity contribution < 1.29 is 4.79 Å². The van der Waals surface area contributed by atoms with E-state index < -0.39 is 0 Å². The molecule has 3 rings (SSSR count). The lowest BCUT2D eigenvalue weighted by Crippen LogP contribution is -2.42. The van der Waals surface area contributed by atoms with Gasteiger partial charge in [0, 0.05) is 44.0 Å². The Morgan fingerprint density at radius 3 is 2.62 bits per heavy atom. The summed E-state index contributed by atoms with van der Waals surface area (Å²) in [5.74, 6) is 1.73. The summed E-state index contributed by atoms with van der Waals surface area (Å²) in [5, 5.41) is 0. The van der Waals surface area contributed by atoms with Crippen LogP contribution in [0, 0.1) is 19.8 Å². The van der Waals surface area contributed by atoms with Crippen molar-refractivity contribution in [2.75, 3.05) is 31.1 Å². The van der Waals surface area contributed by atoms with Crippen LogP contribution in [-0.2, 0) is 4.79 Å². The van der Waals surface area contributed by atoms with Crippen molar-refractivity contribution in [2.45, 2.75) is 39.5 Å². The van der Waals surface area contributed by atoms with Crippen LogP contribution < -0.4 is 4.90 Å². The number of nitrogens with zero attached hydrogens (tertiary/aromatic N) is 4. The summed E-state index contributed by atoms with van der Waals surface area (Å²) in [6.45, 7) is 7.86. The van der Waals surface area contributed by atoms with Crippen molar-refractivity contribution in [2.24, 2.45) is 5.92 Å². The van der Waals surface area contributed by atoms with Gasteiger partial charge in [-0.3, -0.25) is 4.79 Å². The third kappa shape index (κ3) is 3.34. The molecule has 2 aliphatic rings. The van der Waals surface area contributed by atoms with Crippen LogP contribution in [0.25, 0.3) is 0 Å². The van der Waals surface area contributed by atoms with E-state index in [-0.39, 0.29) is 0 Å². The Hall–Kier alpha value is -1.65. The van der Waals surface area contributed by atoms with E-state index in [0.29, 0.717) is 11.8 Å². The minimum atomic E-state index is 0.328. The molecule has 0 N–H and O–H groups in total. The molecule has 2 saturated heterocycles. The van der Waals surface area contributed by atoms with Gasteiger partial charge in [0.25, 0.3) is 0 Å². The maximum atomic E-state index is 11.8. The topological polar surface area (TPSA) is 49.3 Å². The van der Waals surface area contributed by atoms with Crippen molar-refractivity contribution in [3.8, 4) is 0 Å². The van der Waals surface area contributed by atoms with Gasteiger partial charge in [-0.05, 0) is 45.1 Å². The van der Waals surface area contributed by atoms with Gasteiger partial charge in [-0.1, -0.05) is 0 Å². The predicted molar refractivity (Wildman–Crippen MR) is 82.3 cm³/mol. The summed E-state index contributed by atoms with van der Waals surface area (Å²) in [7, 11) is 0. The van der Waals surface area contributed by atoms with Crippen molar-refractivity contribution in [1.82, 2.24) is 14.9 Å². The number of rotatable bonds is 3. The van der Waals surface area contributed by atoms with Crippen LogP contribution in [0.5, 0.6) is 0 Å². The molecule has 0 bridgehead atoms. The highest BCUT2D eigenvalue weighted by atomic mass is 16.2. The number of carbonyl (C=O) groups excluding carboxylic acids is 1. The fraction of sp³-hybridized carbons (Fsp3) is 0.688. The second-order valence-electron chi connectivity index (χ2n) is 6.35. The zero-order valence-electron chi connectivity index (χ0n) is 13.0. The lowest BCUT2D eigenvalue weighted by Gasteiger charge is -2.34. The monoisotopic (exact) mass is 288 g/mol. The molecule has 0 saturated carbocycles. The van der Waals surface area contributed by atoms with Crippen molar-refractivity contribution >= 4 is 11.9 Å². The largest absolute Gasteiger partial charge is 0.342 e. The number of amides is 1. The SMILES string of the molecule is Cc1cc(C)nc(N2CCCC(CN3CCCC3=O)C2)n1. The van der Waals surface area contributed by atoms with Crippen LogP contribution in [0.1, 0.15) is 37.1 Å². The lowest BCUT2D eigenvalue weighted by molar-refractivity contribution is -0.128. The minimum absolute atomic E-state index is 0.328. The molecular weight excluding hydrogens is 264 g/mol. The normalized spacial score (nSPS) is 23.0. The summed E-state index contributed by atoms with van der Waals surface area (Å²) in [5.41, 5.74) is 2.05. The van der Waals surface area contributed by atoms with Crippen LogP contribution in [0.2, 0.25) is 0 Å². The molecule has 3 heterocycles. The Balaban J connectivity index is 1.66. The van der Waals surface area contributed by atoms with E-state index in [2.05, 4.69) is 14.9 Å². The molecule has 1 unspecified atom stereocenters. The van der Waals surface area contributed by atoms with Gasteiger partial charge in [-0.2, -0.15) is 0 Å². The van der Waals surface area contributed by atoms with Crippen LogP contribution in [0.4, 0.5) is 5.95 Å². The van der Waals surface area contributed by atoms with E-state index in [4.69, 9.17) is 0 Å². The number of anilines is 1. The molecule has 5 nitrogen and oxygen atoms in total. The second kappa shape index (κ2) is 6.00. The van der Waals surface area contributed by atoms with E-state index >= 15 is 0 Å². The minimum Gasteiger partial charge on any atom is -0.342 e. The summed E-state index contributed by atoms with van der Waals surface area (Å²) >= 11 is 0. The van der Waals surface area contributed by atoms with Crippen LogP contribution in [0.3, 0.4) is 0 Å². The number of likely N-dealkylation sites (tertiary alicyclic amines) is 1. The van der Waals surface area contributed by atoms with E-state index in [1.165, 1.54) is 6.42 Å². The number of aryl methyl sites for hydroxylation is 2. The first kappa shape index (κ1) is 14.3. The number of piperidine rings is 1. The number of aromatic nitrogens is 2. The predicted octanol–water partition coefficient (Wildman–Crippen LogP) is 1.93. The molecule has 0 radical (unpaired) electrons. The fourth-order valence-electron chi connectivity index (χ4n) is 3.45. The fourth-order valence-corrected chi connectivity index (χ4v) is 3.45. The van der Waals surface area contributed by atoms with E-state index in [1.54, 1.807) is 0 Å². The van der Waals surface area contributed by atoms with Gasteiger partial charge in [-0.25, -0.2) is 9.97 Å². The molecule has 0 aromatic carbocycles. The van der Waals surface area contributed by atoms with E-state index in [1.807, 2.05) is 24.8 Å². The number of carbonyl (C=O) groups is 1. The van der Waals surface area contributed by atoms with Crippen LogP contribution >= 0.6 is 0 Å². The van der Waals surface area contributed by atoms with Gasteiger partial charge in [0.2, 0.25) is 11.9 Å². The molecular formula is C16H24N4O. The number of hydrogen-bond acceptors (Lipinski definition) is 4. The van der Waals surface area contributed by atoms with Crippen LogP contribution in [0.15, 0.2) is 6.07 Å². The first-order valence-electron chi connectivity index (χ1n) is 7.97. The third-order valence-electron chi connectivity index (χ3n) is 4.42. The summed E-state index contributed by atoms with van der Waals surface area (Å²) < 4.78 is 0. The Kier molecular flexibility index (Phi) is 4.08. The quantitative estimate of drug-likeness (QED) is 0.853. The third-order valence-corrected chi connectivity index (χ3v) is 4.42. The highest BCUT2D eigenvalue weighted by Crippen LogP contribution is 2.23.